The van der Waals surface area contributed by atoms with Gasteiger partial charge in [-0.2, -0.15) is 0 Å². The number of benzene rings is 2. The highest BCUT2D eigenvalue weighted by molar-refractivity contribution is 8.18. The maximum Gasteiger partial charge on any atom is 0.311 e. The van der Waals surface area contributed by atoms with Gasteiger partial charge in [0, 0.05) is 6.42 Å². The van der Waals surface area contributed by atoms with E-state index in [4.69, 9.17) is 16.3 Å². The molecule has 27 heavy (non-hydrogen) atoms. The average molecular weight is 402 g/mol. The third-order valence-corrected chi connectivity index (χ3v) is 5.05. The number of aryl methyl sites for hydroxylation is 1. The van der Waals surface area contributed by atoms with Crippen molar-refractivity contribution >= 4 is 46.6 Å². The Kier molecular flexibility index (Phi) is 6.32. The molecule has 1 aliphatic rings. The predicted molar refractivity (Wildman–Crippen MR) is 106 cm³/mol. The highest BCUT2D eigenvalue weighted by Gasteiger charge is 2.25. The summed E-state index contributed by atoms with van der Waals surface area (Å²) in [6.45, 7) is 0. The van der Waals surface area contributed by atoms with E-state index in [1.54, 1.807) is 18.2 Å². The lowest BCUT2D eigenvalue weighted by Gasteiger charge is -2.08. The SMILES string of the molecule is O=C(CCCc1ccccc1)Oc1cccc(/C=C2\SC(=O)NC2=O)c1Cl. The predicted octanol–water partition coefficient (Wildman–Crippen LogP) is 4.59. The number of halogens is 1. The maximum atomic E-state index is 12.1. The smallest absolute Gasteiger partial charge is 0.311 e. The van der Waals surface area contributed by atoms with Crippen LogP contribution in [0.25, 0.3) is 6.08 Å². The summed E-state index contributed by atoms with van der Waals surface area (Å²) in [5.74, 6) is -0.615. The van der Waals surface area contributed by atoms with Gasteiger partial charge in [0.1, 0.15) is 5.75 Å². The van der Waals surface area contributed by atoms with Crippen LogP contribution in [-0.2, 0) is 16.0 Å². The maximum absolute atomic E-state index is 12.1. The van der Waals surface area contributed by atoms with Crippen molar-refractivity contribution in [3.05, 3.63) is 69.6 Å². The summed E-state index contributed by atoms with van der Waals surface area (Å²) in [4.78, 5) is 35.2. The third-order valence-electron chi connectivity index (χ3n) is 3.83. The van der Waals surface area contributed by atoms with E-state index >= 15 is 0 Å². The topological polar surface area (TPSA) is 72.5 Å². The minimum Gasteiger partial charge on any atom is -0.425 e. The van der Waals surface area contributed by atoms with Crippen LogP contribution in [0.2, 0.25) is 5.02 Å². The third kappa shape index (κ3) is 5.21. The van der Waals surface area contributed by atoms with Crippen molar-refractivity contribution in [2.45, 2.75) is 19.3 Å². The molecule has 2 aromatic carbocycles. The first-order chi connectivity index (χ1) is 13.0. The lowest BCUT2D eigenvalue weighted by Crippen LogP contribution is -2.17. The van der Waals surface area contributed by atoms with Gasteiger partial charge in [0.25, 0.3) is 11.1 Å². The van der Waals surface area contributed by atoms with Crippen molar-refractivity contribution in [2.24, 2.45) is 0 Å². The van der Waals surface area contributed by atoms with Gasteiger partial charge >= 0.3 is 5.97 Å². The van der Waals surface area contributed by atoms with E-state index in [0.717, 1.165) is 18.2 Å². The molecule has 0 bridgehead atoms. The second-order valence-corrected chi connectivity index (χ2v) is 7.22. The van der Waals surface area contributed by atoms with Crippen LogP contribution in [-0.4, -0.2) is 17.1 Å². The molecule has 0 aromatic heterocycles. The number of imide groups is 1. The molecule has 2 amide bonds. The molecule has 1 fully saturated rings. The van der Waals surface area contributed by atoms with Gasteiger partial charge < -0.3 is 4.74 Å². The minimum absolute atomic E-state index is 0.217. The Bertz CT molecular complexity index is 911. The first kappa shape index (κ1) is 19.2. The fraction of sp³-hybridized carbons (Fsp3) is 0.150. The molecule has 1 N–H and O–H groups in total. The highest BCUT2D eigenvalue weighted by Crippen LogP contribution is 2.33. The largest absolute Gasteiger partial charge is 0.425 e. The Labute approximate surface area is 165 Å². The van der Waals surface area contributed by atoms with E-state index in [-0.39, 0.29) is 28.1 Å². The number of nitrogens with one attached hydrogen (secondary N) is 1. The van der Waals surface area contributed by atoms with E-state index in [0.29, 0.717) is 12.0 Å². The standard InChI is InChI=1S/C20H16ClNO4S/c21-18-14(12-16-19(24)22-20(25)27-16)9-5-10-15(18)26-17(23)11-4-8-13-6-2-1-3-7-13/h1-3,5-7,9-10,12H,4,8,11H2,(H,22,24,25)/b16-12-. The molecule has 0 aliphatic carbocycles. The molecule has 0 saturated carbocycles. The van der Waals surface area contributed by atoms with E-state index in [1.807, 2.05) is 30.3 Å². The molecule has 0 atom stereocenters. The van der Waals surface area contributed by atoms with Crippen LogP contribution in [0.5, 0.6) is 5.75 Å². The fourth-order valence-corrected chi connectivity index (χ4v) is 3.43. The number of carbonyl (C=O) groups is 3. The molecule has 1 saturated heterocycles. The highest BCUT2D eigenvalue weighted by atomic mass is 35.5. The second-order valence-electron chi connectivity index (χ2n) is 5.82. The first-order valence-electron chi connectivity index (χ1n) is 8.31. The number of hydrogen-bond donors (Lipinski definition) is 1. The number of hydrogen-bond acceptors (Lipinski definition) is 5. The number of carbonyl (C=O) groups excluding carboxylic acids is 3. The van der Waals surface area contributed by atoms with Gasteiger partial charge in [-0.25, -0.2) is 0 Å². The number of amides is 2. The molecule has 2 aromatic rings. The fourth-order valence-electron chi connectivity index (χ4n) is 2.54. The monoisotopic (exact) mass is 401 g/mol. The van der Waals surface area contributed by atoms with E-state index in [1.165, 1.54) is 11.6 Å². The summed E-state index contributed by atoms with van der Waals surface area (Å²) in [6.07, 6.45) is 3.22. The molecule has 0 spiro atoms. The zero-order chi connectivity index (χ0) is 19.2. The van der Waals surface area contributed by atoms with Crippen LogP contribution < -0.4 is 10.1 Å². The van der Waals surface area contributed by atoms with Crippen LogP contribution in [0.15, 0.2) is 53.4 Å². The molecule has 138 valence electrons. The zero-order valence-corrected chi connectivity index (χ0v) is 15.8. The molecule has 0 unspecified atom stereocenters. The summed E-state index contributed by atoms with van der Waals surface area (Å²) in [5, 5.41) is 1.97. The average Bonchev–Trinajstić information content (AvgIpc) is 2.96. The lowest BCUT2D eigenvalue weighted by molar-refractivity contribution is -0.134. The Morgan fingerprint density at radius 2 is 1.89 bits per heavy atom. The quantitative estimate of drug-likeness (QED) is 0.435. The molecule has 7 heteroatoms. The van der Waals surface area contributed by atoms with Crippen LogP contribution in [0, 0.1) is 0 Å². The molecule has 3 rings (SSSR count). The van der Waals surface area contributed by atoms with Crippen molar-refractivity contribution in [3.63, 3.8) is 0 Å². The van der Waals surface area contributed by atoms with E-state index in [9.17, 15) is 14.4 Å². The van der Waals surface area contributed by atoms with Gasteiger partial charge in [-0.05, 0) is 47.9 Å². The van der Waals surface area contributed by atoms with Crippen molar-refractivity contribution in [1.29, 1.82) is 0 Å². The summed E-state index contributed by atoms with van der Waals surface area (Å²) >= 11 is 7.10. The van der Waals surface area contributed by atoms with Crippen molar-refractivity contribution < 1.29 is 19.1 Å². The molecule has 5 nitrogen and oxygen atoms in total. The number of rotatable bonds is 6. The van der Waals surface area contributed by atoms with Crippen LogP contribution in [0.1, 0.15) is 24.0 Å². The van der Waals surface area contributed by atoms with Gasteiger partial charge in [0.05, 0.1) is 9.93 Å². The van der Waals surface area contributed by atoms with Crippen LogP contribution in [0.4, 0.5) is 4.79 Å². The molecule has 1 aliphatic heterocycles. The van der Waals surface area contributed by atoms with Gasteiger partial charge in [0.2, 0.25) is 0 Å². The van der Waals surface area contributed by atoms with Crippen molar-refractivity contribution in [1.82, 2.24) is 5.32 Å². The summed E-state index contributed by atoms with van der Waals surface area (Å²) in [7, 11) is 0. The summed E-state index contributed by atoms with van der Waals surface area (Å²) in [6, 6.07) is 14.8. The Balaban J connectivity index is 1.62. The van der Waals surface area contributed by atoms with Crippen LogP contribution >= 0.6 is 23.4 Å². The normalized spacial score (nSPS) is 15.1. The van der Waals surface area contributed by atoms with Gasteiger partial charge in [-0.3, -0.25) is 19.7 Å². The first-order valence-corrected chi connectivity index (χ1v) is 9.50. The number of ether oxygens (including phenoxy) is 1. The van der Waals surface area contributed by atoms with Crippen molar-refractivity contribution in [3.8, 4) is 5.75 Å². The molecular weight excluding hydrogens is 386 g/mol. The lowest BCUT2D eigenvalue weighted by atomic mass is 10.1. The molecule has 0 radical (unpaired) electrons. The summed E-state index contributed by atoms with van der Waals surface area (Å²) in [5.41, 5.74) is 1.66. The van der Waals surface area contributed by atoms with Gasteiger partial charge in [0.15, 0.2) is 0 Å². The number of esters is 1. The van der Waals surface area contributed by atoms with E-state index < -0.39 is 11.1 Å². The number of thioether (sulfide) groups is 1. The molecular formula is C20H16ClNO4S. The van der Waals surface area contributed by atoms with Crippen LogP contribution in [0.3, 0.4) is 0 Å². The van der Waals surface area contributed by atoms with E-state index in [2.05, 4.69) is 5.32 Å². The second kappa shape index (κ2) is 8.88. The minimum atomic E-state index is -0.468. The Morgan fingerprint density at radius 3 is 2.59 bits per heavy atom. The van der Waals surface area contributed by atoms with Crippen molar-refractivity contribution in [2.75, 3.05) is 0 Å². The van der Waals surface area contributed by atoms with Gasteiger partial charge in [-0.15, -0.1) is 0 Å². The Hall–Kier alpha value is -2.57. The Morgan fingerprint density at radius 1 is 1.11 bits per heavy atom. The summed E-state index contributed by atoms with van der Waals surface area (Å²) < 4.78 is 5.36. The zero-order valence-electron chi connectivity index (χ0n) is 14.2. The molecule has 1 heterocycles. The van der Waals surface area contributed by atoms with Gasteiger partial charge in [-0.1, -0.05) is 54.1 Å².